The van der Waals surface area contributed by atoms with Crippen LogP contribution in [0.2, 0.25) is 0 Å². The van der Waals surface area contributed by atoms with E-state index in [0.29, 0.717) is 29.7 Å². The molecule has 0 saturated heterocycles. The third-order valence-electron chi connectivity index (χ3n) is 2.13. The van der Waals surface area contributed by atoms with Crippen LogP contribution in [-0.2, 0) is 16.0 Å². The van der Waals surface area contributed by atoms with Crippen LogP contribution in [0.3, 0.4) is 0 Å². The van der Waals surface area contributed by atoms with Gasteiger partial charge in [-0.15, -0.1) is 0 Å². The Labute approximate surface area is 108 Å². The van der Waals surface area contributed by atoms with E-state index in [2.05, 4.69) is 15.9 Å². The number of alkyl halides is 1. The largest absolute Gasteiger partial charge is 0.466 e. The van der Waals surface area contributed by atoms with Crippen LogP contribution in [0.1, 0.15) is 18.9 Å². The van der Waals surface area contributed by atoms with Gasteiger partial charge in [-0.05, 0) is 47.0 Å². The molecule has 0 atom stereocenters. The van der Waals surface area contributed by atoms with Gasteiger partial charge in [0.25, 0.3) is 0 Å². The number of halogens is 2. The molecule has 0 aliphatic rings. The summed E-state index contributed by atoms with van der Waals surface area (Å²) in [5, 5.41) is 0. The van der Waals surface area contributed by atoms with Gasteiger partial charge in [0.15, 0.2) is 0 Å². The van der Waals surface area contributed by atoms with Crippen molar-refractivity contribution in [2.45, 2.75) is 19.8 Å². The maximum absolute atomic E-state index is 12.1. The van der Waals surface area contributed by atoms with Gasteiger partial charge in [-0.25, -0.2) is 4.39 Å². The number of ether oxygens (including phenoxy) is 2. The molecular weight excluding hydrogens is 291 g/mol. The van der Waals surface area contributed by atoms with Crippen molar-refractivity contribution in [2.75, 3.05) is 13.5 Å². The van der Waals surface area contributed by atoms with Gasteiger partial charge >= 0.3 is 5.97 Å². The molecule has 0 aromatic heterocycles. The lowest BCUT2D eigenvalue weighted by atomic mass is 10.1. The Morgan fingerprint density at radius 1 is 1.47 bits per heavy atom. The molecule has 0 bridgehead atoms. The number of hydrogen-bond donors (Lipinski definition) is 0. The second-order valence-corrected chi connectivity index (χ2v) is 4.18. The Morgan fingerprint density at radius 3 is 2.88 bits per heavy atom. The number of carbonyl (C=O) groups excluding carboxylic acids is 1. The quantitative estimate of drug-likeness (QED) is 0.757. The Morgan fingerprint density at radius 2 is 2.24 bits per heavy atom. The highest BCUT2D eigenvalue weighted by molar-refractivity contribution is 9.10. The van der Waals surface area contributed by atoms with Crippen molar-refractivity contribution in [1.29, 1.82) is 0 Å². The molecule has 17 heavy (non-hydrogen) atoms. The topological polar surface area (TPSA) is 35.5 Å². The number of rotatable bonds is 6. The molecule has 0 unspecified atom stereocenters. The van der Waals surface area contributed by atoms with Gasteiger partial charge < -0.3 is 9.47 Å². The van der Waals surface area contributed by atoms with Crippen molar-refractivity contribution in [2.24, 2.45) is 0 Å². The van der Waals surface area contributed by atoms with Crippen LogP contribution in [0, 0.1) is 0 Å². The monoisotopic (exact) mass is 304 g/mol. The summed E-state index contributed by atoms with van der Waals surface area (Å²) in [6, 6.07) is 5.34. The minimum absolute atomic E-state index is 0.233. The van der Waals surface area contributed by atoms with Crippen molar-refractivity contribution in [3.63, 3.8) is 0 Å². The third kappa shape index (κ3) is 4.73. The van der Waals surface area contributed by atoms with Crippen LogP contribution in [0.25, 0.3) is 0 Å². The first-order valence-corrected chi connectivity index (χ1v) is 6.09. The highest BCUT2D eigenvalue weighted by atomic mass is 79.9. The molecular formula is C12H14BrFO3. The number of esters is 1. The van der Waals surface area contributed by atoms with Crippen molar-refractivity contribution < 1.29 is 18.7 Å². The second-order valence-electron chi connectivity index (χ2n) is 3.32. The van der Waals surface area contributed by atoms with Gasteiger partial charge in [-0.1, -0.05) is 6.07 Å². The zero-order valence-corrected chi connectivity index (χ0v) is 11.1. The number of carbonyl (C=O) groups is 1. The minimum atomic E-state index is -0.875. The molecule has 0 N–H and O–H groups in total. The van der Waals surface area contributed by atoms with Crippen molar-refractivity contribution in [3.05, 3.63) is 28.2 Å². The van der Waals surface area contributed by atoms with Gasteiger partial charge in [0.1, 0.15) is 5.75 Å². The average Bonchev–Trinajstić information content (AvgIpc) is 2.31. The fourth-order valence-corrected chi connectivity index (χ4v) is 1.71. The summed E-state index contributed by atoms with van der Waals surface area (Å²) in [5.74, 6) is 0.206. The lowest BCUT2D eigenvalue weighted by molar-refractivity contribution is -0.143. The molecule has 3 nitrogen and oxygen atoms in total. The second kappa shape index (κ2) is 7.27. The van der Waals surface area contributed by atoms with Gasteiger partial charge in [-0.3, -0.25) is 4.79 Å². The molecule has 5 heteroatoms. The average molecular weight is 305 g/mol. The van der Waals surface area contributed by atoms with Crippen LogP contribution in [-0.4, -0.2) is 19.4 Å². The summed E-state index contributed by atoms with van der Waals surface area (Å²) < 4.78 is 22.4. The smallest absolute Gasteiger partial charge is 0.306 e. The molecule has 0 saturated carbocycles. The summed E-state index contributed by atoms with van der Waals surface area (Å²) in [6.45, 7) is 1.28. The third-order valence-corrected chi connectivity index (χ3v) is 2.78. The lowest BCUT2D eigenvalue weighted by Gasteiger charge is -2.07. The first-order chi connectivity index (χ1) is 8.17. The Hall–Kier alpha value is -1.10. The van der Waals surface area contributed by atoms with E-state index < -0.39 is 6.86 Å². The highest BCUT2D eigenvalue weighted by Crippen LogP contribution is 2.26. The fraction of sp³-hybridized carbons (Fsp3) is 0.417. The molecule has 0 amide bonds. The van der Waals surface area contributed by atoms with E-state index >= 15 is 0 Å². The molecule has 1 aromatic carbocycles. The summed E-state index contributed by atoms with van der Waals surface area (Å²) in [6.07, 6.45) is 0.860. The van der Waals surface area contributed by atoms with Gasteiger partial charge in [0.05, 0.1) is 11.1 Å². The van der Waals surface area contributed by atoms with Crippen molar-refractivity contribution >= 4 is 21.9 Å². The molecule has 0 aliphatic carbocycles. The van der Waals surface area contributed by atoms with Crippen molar-refractivity contribution in [3.8, 4) is 5.75 Å². The van der Waals surface area contributed by atoms with E-state index in [1.807, 2.05) is 6.07 Å². The maximum Gasteiger partial charge on any atom is 0.306 e. The first kappa shape index (κ1) is 14.0. The van der Waals surface area contributed by atoms with Crippen LogP contribution < -0.4 is 4.74 Å². The van der Waals surface area contributed by atoms with Crippen molar-refractivity contribution in [1.82, 2.24) is 0 Å². The Kier molecular flexibility index (Phi) is 5.97. The molecule has 1 rings (SSSR count). The van der Waals surface area contributed by atoms with Crippen LogP contribution in [0.15, 0.2) is 22.7 Å². The number of aryl methyl sites for hydroxylation is 1. The Bertz CT molecular complexity index is 382. The van der Waals surface area contributed by atoms with E-state index in [1.54, 1.807) is 19.1 Å². The SMILES string of the molecule is CCOC(=O)CCc1ccc(Br)c(OCF)c1. The predicted molar refractivity (Wildman–Crippen MR) is 65.7 cm³/mol. The van der Waals surface area contributed by atoms with Gasteiger partial charge in [0, 0.05) is 6.42 Å². The molecule has 0 fully saturated rings. The molecule has 0 aliphatic heterocycles. The van der Waals surface area contributed by atoms with E-state index in [4.69, 9.17) is 9.47 Å². The first-order valence-electron chi connectivity index (χ1n) is 5.30. The standard InChI is InChI=1S/C12H14BrFO3/c1-2-16-12(15)6-4-9-3-5-10(13)11(7-9)17-8-14/h3,5,7H,2,4,6,8H2,1H3. The molecule has 0 radical (unpaired) electrons. The lowest BCUT2D eigenvalue weighted by Crippen LogP contribution is -2.05. The molecule has 0 spiro atoms. The number of benzene rings is 1. The van der Waals surface area contributed by atoms with Crippen LogP contribution in [0.4, 0.5) is 4.39 Å². The maximum atomic E-state index is 12.1. The summed E-state index contributed by atoms with van der Waals surface area (Å²) in [7, 11) is 0. The molecule has 1 aromatic rings. The normalized spacial score (nSPS) is 10.1. The van der Waals surface area contributed by atoms with Crippen LogP contribution >= 0.6 is 15.9 Å². The zero-order chi connectivity index (χ0) is 12.7. The van der Waals surface area contributed by atoms with Crippen LogP contribution in [0.5, 0.6) is 5.75 Å². The van der Waals surface area contributed by atoms with E-state index in [1.165, 1.54) is 0 Å². The number of hydrogen-bond acceptors (Lipinski definition) is 3. The summed E-state index contributed by atoms with van der Waals surface area (Å²) >= 11 is 3.25. The molecule has 94 valence electrons. The molecule has 0 heterocycles. The van der Waals surface area contributed by atoms with Gasteiger partial charge in [-0.2, -0.15) is 0 Å². The fourth-order valence-electron chi connectivity index (χ4n) is 1.35. The summed E-state index contributed by atoms with van der Waals surface area (Å²) in [4.78, 5) is 11.2. The zero-order valence-electron chi connectivity index (χ0n) is 9.54. The predicted octanol–water partition coefficient (Wildman–Crippen LogP) is 3.25. The van der Waals surface area contributed by atoms with Gasteiger partial charge in [0.2, 0.25) is 6.86 Å². The Balaban J connectivity index is 2.59. The summed E-state index contributed by atoms with van der Waals surface area (Å²) in [5.41, 5.74) is 0.907. The highest BCUT2D eigenvalue weighted by Gasteiger charge is 2.06. The van der Waals surface area contributed by atoms with E-state index in [-0.39, 0.29) is 5.97 Å². The van der Waals surface area contributed by atoms with E-state index in [0.717, 1.165) is 5.56 Å². The van der Waals surface area contributed by atoms with E-state index in [9.17, 15) is 9.18 Å². The minimum Gasteiger partial charge on any atom is -0.466 e.